The van der Waals surface area contributed by atoms with Crippen LogP contribution in [0.4, 0.5) is 11.6 Å². The largest absolute Gasteiger partial charge is 0.393 e. The van der Waals surface area contributed by atoms with E-state index in [9.17, 15) is 5.11 Å². The molecular weight excluding hydrogens is 286 g/mol. The van der Waals surface area contributed by atoms with Crippen LogP contribution in [-0.2, 0) is 0 Å². The van der Waals surface area contributed by atoms with Crippen molar-refractivity contribution in [2.45, 2.75) is 18.9 Å². The van der Waals surface area contributed by atoms with Crippen molar-refractivity contribution in [3.63, 3.8) is 0 Å². The van der Waals surface area contributed by atoms with Crippen LogP contribution >= 0.6 is 15.9 Å². The lowest BCUT2D eigenvalue weighted by Gasteiger charge is -2.35. The maximum Gasteiger partial charge on any atom is 0.159 e. The summed E-state index contributed by atoms with van der Waals surface area (Å²) < 4.78 is 0.755. The summed E-state index contributed by atoms with van der Waals surface area (Å²) in [7, 11) is 1.97. The Morgan fingerprint density at radius 3 is 2.88 bits per heavy atom. The molecule has 0 amide bonds. The highest BCUT2D eigenvalue weighted by atomic mass is 79.9. The molecular formula is C10H16BrN5O. The van der Waals surface area contributed by atoms with Crippen molar-refractivity contribution in [2.24, 2.45) is 11.8 Å². The van der Waals surface area contributed by atoms with Crippen LogP contribution in [0.2, 0.25) is 0 Å². The normalized spacial score (nSPS) is 23.1. The predicted molar refractivity (Wildman–Crippen MR) is 69.5 cm³/mol. The second-order valence-electron chi connectivity index (χ2n) is 4.38. The minimum atomic E-state index is -0.122. The zero-order chi connectivity index (χ0) is 12.4. The van der Waals surface area contributed by atoms with Gasteiger partial charge < -0.3 is 15.4 Å². The monoisotopic (exact) mass is 301 g/mol. The topological polar surface area (TPSA) is 87.3 Å². The molecule has 1 aliphatic rings. The minimum absolute atomic E-state index is 0.122. The molecule has 1 heterocycles. The second-order valence-corrected chi connectivity index (χ2v) is 5.17. The number of hydrogen-bond acceptors (Lipinski definition) is 6. The van der Waals surface area contributed by atoms with E-state index in [1.807, 2.05) is 11.9 Å². The molecule has 0 unspecified atom stereocenters. The Bertz CT molecular complexity index is 396. The van der Waals surface area contributed by atoms with E-state index in [4.69, 9.17) is 5.84 Å². The van der Waals surface area contributed by atoms with E-state index in [0.29, 0.717) is 11.7 Å². The van der Waals surface area contributed by atoms with Gasteiger partial charge in [0, 0.05) is 13.6 Å². The summed E-state index contributed by atoms with van der Waals surface area (Å²) in [6.07, 6.45) is 3.09. The molecule has 0 bridgehead atoms. The van der Waals surface area contributed by atoms with E-state index in [0.717, 1.165) is 29.7 Å². The van der Waals surface area contributed by atoms with Gasteiger partial charge in [-0.25, -0.2) is 15.8 Å². The van der Waals surface area contributed by atoms with Gasteiger partial charge in [-0.15, -0.1) is 0 Å². The number of nitrogens with zero attached hydrogens (tertiary/aromatic N) is 3. The van der Waals surface area contributed by atoms with E-state index >= 15 is 0 Å². The molecule has 0 aromatic carbocycles. The number of anilines is 2. The van der Waals surface area contributed by atoms with Crippen molar-refractivity contribution in [1.82, 2.24) is 9.97 Å². The molecule has 1 aliphatic carbocycles. The Morgan fingerprint density at radius 2 is 2.29 bits per heavy atom. The molecule has 0 spiro atoms. The molecule has 1 aromatic rings. The van der Waals surface area contributed by atoms with Crippen molar-refractivity contribution < 1.29 is 5.11 Å². The number of halogens is 1. The Hall–Kier alpha value is -0.920. The highest BCUT2D eigenvalue weighted by molar-refractivity contribution is 9.10. The lowest BCUT2D eigenvalue weighted by Crippen LogP contribution is -2.37. The number of hydrazine groups is 1. The number of nitrogens with two attached hydrogens (primary N) is 1. The summed E-state index contributed by atoms with van der Waals surface area (Å²) in [5, 5.41) is 9.26. The molecule has 1 saturated carbocycles. The molecule has 2 rings (SSSR count). The molecule has 94 valence electrons. The summed E-state index contributed by atoms with van der Waals surface area (Å²) in [6, 6.07) is 0. The van der Waals surface area contributed by atoms with Crippen LogP contribution in [-0.4, -0.2) is 34.8 Å². The average Bonchev–Trinajstić information content (AvgIpc) is 2.27. The lowest BCUT2D eigenvalue weighted by molar-refractivity contribution is 0.0464. The Balaban J connectivity index is 2.05. The molecule has 1 aromatic heterocycles. The van der Waals surface area contributed by atoms with Gasteiger partial charge in [-0.2, -0.15) is 0 Å². The van der Waals surface area contributed by atoms with Crippen LogP contribution in [0.25, 0.3) is 0 Å². The van der Waals surface area contributed by atoms with E-state index in [2.05, 4.69) is 31.3 Å². The molecule has 0 atom stereocenters. The highest BCUT2D eigenvalue weighted by Crippen LogP contribution is 2.32. The van der Waals surface area contributed by atoms with Gasteiger partial charge >= 0.3 is 0 Å². The lowest BCUT2D eigenvalue weighted by atomic mass is 9.82. The first-order chi connectivity index (χ1) is 8.11. The van der Waals surface area contributed by atoms with Gasteiger partial charge in [-0.05, 0) is 34.7 Å². The number of aliphatic hydroxyl groups excluding tert-OH is 1. The van der Waals surface area contributed by atoms with Crippen molar-refractivity contribution in [3.8, 4) is 0 Å². The standard InChI is InChI=1S/C10H16BrN5O/c1-16(4-6-2-7(17)3-6)10-8(11)9(15-12)13-5-14-10/h5-7,17H,2-4,12H2,1H3,(H,13,14,15). The number of nitrogen functional groups attached to an aromatic ring is 1. The third kappa shape index (κ3) is 2.67. The smallest absolute Gasteiger partial charge is 0.159 e. The first-order valence-electron chi connectivity index (χ1n) is 5.48. The zero-order valence-corrected chi connectivity index (χ0v) is 11.2. The number of hydrogen-bond donors (Lipinski definition) is 3. The van der Waals surface area contributed by atoms with Crippen LogP contribution in [0.15, 0.2) is 10.8 Å². The fourth-order valence-electron chi connectivity index (χ4n) is 2.05. The van der Waals surface area contributed by atoms with Crippen molar-refractivity contribution in [3.05, 3.63) is 10.8 Å². The second kappa shape index (κ2) is 5.16. The number of aromatic nitrogens is 2. The molecule has 0 radical (unpaired) electrons. The van der Waals surface area contributed by atoms with Gasteiger partial charge in [0.2, 0.25) is 0 Å². The molecule has 7 heteroatoms. The number of rotatable bonds is 4. The van der Waals surface area contributed by atoms with Crippen molar-refractivity contribution in [2.75, 3.05) is 23.9 Å². The maximum absolute atomic E-state index is 9.26. The Labute approximate surface area is 108 Å². The number of aliphatic hydroxyl groups is 1. The molecule has 1 fully saturated rings. The predicted octanol–water partition coefficient (Wildman–Crippen LogP) is 0.732. The van der Waals surface area contributed by atoms with Gasteiger partial charge in [-0.1, -0.05) is 0 Å². The minimum Gasteiger partial charge on any atom is -0.393 e. The quantitative estimate of drug-likeness (QED) is 0.561. The maximum atomic E-state index is 9.26. The summed E-state index contributed by atoms with van der Waals surface area (Å²) in [5.41, 5.74) is 2.51. The highest BCUT2D eigenvalue weighted by Gasteiger charge is 2.28. The summed E-state index contributed by atoms with van der Waals surface area (Å²) in [6.45, 7) is 0.872. The zero-order valence-electron chi connectivity index (χ0n) is 9.60. The third-order valence-electron chi connectivity index (χ3n) is 3.01. The summed E-state index contributed by atoms with van der Waals surface area (Å²) in [4.78, 5) is 10.3. The van der Waals surface area contributed by atoms with Crippen LogP contribution in [0.3, 0.4) is 0 Å². The van der Waals surface area contributed by atoms with Gasteiger partial charge in [0.05, 0.1) is 6.10 Å². The first-order valence-corrected chi connectivity index (χ1v) is 6.27. The third-order valence-corrected chi connectivity index (χ3v) is 3.74. The van der Waals surface area contributed by atoms with E-state index in [1.165, 1.54) is 6.33 Å². The molecule has 0 saturated heterocycles. The van der Waals surface area contributed by atoms with Crippen molar-refractivity contribution >= 4 is 27.6 Å². The fraction of sp³-hybridized carbons (Fsp3) is 0.600. The van der Waals surface area contributed by atoms with Crippen LogP contribution in [0.5, 0.6) is 0 Å². The molecule has 6 nitrogen and oxygen atoms in total. The number of nitrogens with one attached hydrogen (secondary N) is 1. The Kier molecular flexibility index (Phi) is 3.80. The van der Waals surface area contributed by atoms with E-state index in [1.54, 1.807) is 0 Å². The fourth-order valence-corrected chi connectivity index (χ4v) is 2.67. The van der Waals surface area contributed by atoms with Gasteiger partial charge in [-0.3, -0.25) is 0 Å². The van der Waals surface area contributed by atoms with E-state index < -0.39 is 0 Å². The van der Waals surface area contributed by atoms with Crippen LogP contribution in [0, 0.1) is 5.92 Å². The Morgan fingerprint density at radius 1 is 1.59 bits per heavy atom. The van der Waals surface area contributed by atoms with Crippen molar-refractivity contribution in [1.29, 1.82) is 0 Å². The summed E-state index contributed by atoms with van der Waals surface area (Å²) >= 11 is 3.43. The molecule has 0 aliphatic heterocycles. The SMILES string of the molecule is CN(CC1CC(O)C1)c1ncnc(NN)c1Br. The summed E-state index contributed by atoms with van der Waals surface area (Å²) in [5.74, 6) is 7.25. The van der Waals surface area contributed by atoms with Gasteiger partial charge in [0.25, 0.3) is 0 Å². The molecule has 4 N–H and O–H groups in total. The van der Waals surface area contributed by atoms with Gasteiger partial charge in [0.15, 0.2) is 5.82 Å². The van der Waals surface area contributed by atoms with Gasteiger partial charge in [0.1, 0.15) is 16.6 Å². The van der Waals surface area contributed by atoms with Crippen LogP contribution < -0.4 is 16.2 Å². The molecule has 17 heavy (non-hydrogen) atoms. The van der Waals surface area contributed by atoms with E-state index in [-0.39, 0.29) is 6.10 Å². The van der Waals surface area contributed by atoms with Crippen LogP contribution in [0.1, 0.15) is 12.8 Å². The first kappa shape index (κ1) is 12.5. The average molecular weight is 302 g/mol.